The summed E-state index contributed by atoms with van der Waals surface area (Å²) < 4.78 is 19.3. The summed E-state index contributed by atoms with van der Waals surface area (Å²) in [7, 11) is 1.63. The Bertz CT molecular complexity index is 1180. The first-order chi connectivity index (χ1) is 17.0. The number of nitrogens with one attached hydrogen (secondary N) is 1. The van der Waals surface area contributed by atoms with Crippen LogP contribution in [0.25, 0.3) is 0 Å². The number of carbonyl (C=O) groups excluding carboxylic acids is 2. The summed E-state index contributed by atoms with van der Waals surface area (Å²) in [5, 5.41) is 3.05. The number of likely N-dealkylation sites (tertiary alicyclic amines) is 1. The van der Waals surface area contributed by atoms with Crippen molar-refractivity contribution >= 4 is 11.8 Å². The topological polar surface area (TPSA) is 58.6 Å². The normalized spacial score (nSPS) is 17.6. The van der Waals surface area contributed by atoms with Gasteiger partial charge in [0.25, 0.3) is 5.91 Å². The predicted molar refractivity (Wildman–Crippen MR) is 134 cm³/mol. The summed E-state index contributed by atoms with van der Waals surface area (Å²) in [6, 6.07) is 21.9. The van der Waals surface area contributed by atoms with E-state index in [1.807, 2.05) is 48.5 Å². The van der Waals surface area contributed by atoms with E-state index >= 15 is 0 Å². The van der Waals surface area contributed by atoms with Gasteiger partial charge in [0, 0.05) is 31.1 Å². The number of rotatable bonds is 7. The fraction of sp³-hybridized carbons (Fsp3) is 0.310. The van der Waals surface area contributed by atoms with Gasteiger partial charge in [0.1, 0.15) is 11.6 Å². The van der Waals surface area contributed by atoms with Crippen LogP contribution >= 0.6 is 0 Å². The molecule has 3 aromatic rings. The van der Waals surface area contributed by atoms with Crippen molar-refractivity contribution in [3.8, 4) is 5.75 Å². The van der Waals surface area contributed by atoms with Gasteiger partial charge in [-0.1, -0.05) is 48.5 Å². The zero-order valence-corrected chi connectivity index (χ0v) is 20.2. The van der Waals surface area contributed by atoms with Gasteiger partial charge in [-0.3, -0.25) is 9.59 Å². The average molecular weight is 475 g/mol. The number of ether oxygens (including phenoxy) is 1. The molecule has 1 fully saturated rings. The molecule has 0 aliphatic carbocycles. The van der Waals surface area contributed by atoms with Gasteiger partial charge in [-0.15, -0.1) is 0 Å². The van der Waals surface area contributed by atoms with E-state index in [9.17, 15) is 14.0 Å². The van der Waals surface area contributed by atoms with E-state index in [1.165, 1.54) is 6.07 Å². The molecule has 0 bridgehead atoms. The Kier molecular flexibility index (Phi) is 7.80. The van der Waals surface area contributed by atoms with Crippen molar-refractivity contribution in [1.29, 1.82) is 0 Å². The number of amides is 2. The Labute approximate surface area is 205 Å². The van der Waals surface area contributed by atoms with Crippen LogP contribution < -0.4 is 10.1 Å². The molecule has 1 aliphatic heterocycles. The molecule has 0 spiro atoms. The number of methoxy groups -OCH3 is 1. The Morgan fingerprint density at radius 3 is 2.51 bits per heavy atom. The van der Waals surface area contributed by atoms with Gasteiger partial charge in [0.05, 0.1) is 13.0 Å². The Balaban J connectivity index is 1.49. The number of benzene rings is 3. The number of carbonyl (C=O) groups is 2. The molecule has 0 saturated carbocycles. The van der Waals surface area contributed by atoms with Gasteiger partial charge in [-0.05, 0) is 60.7 Å². The third-order valence-electron chi connectivity index (χ3n) is 6.67. The fourth-order valence-corrected chi connectivity index (χ4v) is 4.76. The highest BCUT2D eigenvalue weighted by Gasteiger charge is 2.35. The van der Waals surface area contributed by atoms with Crippen LogP contribution in [0, 0.1) is 18.7 Å². The van der Waals surface area contributed by atoms with Crippen LogP contribution in [-0.2, 0) is 11.2 Å². The van der Waals surface area contributed by atoms with E-state index in [4.69, 9.17) is 4.74 Å². The van der Waals surface area contributed by atoms with E-state index < -0.39 is 0 Å². The Morgan fingerprint density at radius 2 is 1.77 bits per heavy atom. The third kappa shape index (κ3) is 5.88. The Hall–Kier alpha value is -3.67. The number of piperidine rings is 1. The summed E-state index contributed by atoms with van der Waals surface area (Å²) in [5.74, 6) is -0.0430. The highest BCUT2D eigenvalue weighted by Crippen LogP contribution is 2.32. The number of aryl methyl sites for hydroxylation is 1. The first kappa shape index (κ1) is 24.5. The minimum absolute atomic E-state index is 0.0549. The second-order valence-electron chi connectivity index (χ2n) is 9.07. The van der Waals surface area contributed by atoms with E-state index in [1.54, 1.807) is 37.1 Å². The smallest absolute Gasteiger partial charge is 0.253 e. The third-order valence-corrected chi connectivity index (χ3v) is 6.67. The van der Waals surface area contributed by atoms with Gasteiger partial charge in [0.2, 0.25) is 5.91 Å². The number of halogens is 1. The quantitative estimate of drug-likeness (QED) is 0.538. The van der Waals surface area contributed by atoms with Gasteiger partial charge in [0.15, 0.2) is 0 Å². The second kappa shape index (κ2) is 11.2. The Morgan fingerprint density at radius 1 is 1.03 bits per heavy atom. The van der Waals surface area contributed by atoms with E-state index in [0.29, 0.717) is 43.6 Å². The second-order valence-corrected chi connectivity index (χ2v) is 9.07. The van der Waals surface area contributed by atoms with Crippen molar-refractivity contribution in [2.75, 3.05) is 26.7 Å². The fourth-order valence-electron chi connectivity index (χ4n) is 4.76. The monoisotopic (exact) mass is 474 g/mol. The molecule has 4 rings (SSSR count). The molecular weight excluding hydrogens is 443 g/mol. The van der Waals surface area contributed by atoms with Crippen LogP contribution in [0.2, 0.25) is 0 Å². The largest absolute Gasteiger partial charge is 0.496 e. The van der Waals surface area contributed by atoms with Crippen LogP contribution in [0.3, 0.4) is 0 Å². The lowest BCUT2D eigenvalue weighted by Gasteiger charge is -2.37. The van der Waals surface area contributed by atoms with Crippen LogP contribution in [0.1, 0.15) is 39.4 Å². The molecule has 2 atom stereocenters. The first-order valence-corrected chi connectivity index (χ1v) is 12.0. The average Bonchev–Trinajstić information content (AvgIpc) is 2.90. The summed E-state index contributed by atoms with van der Waals surface area (Å²) in [6.45, 7) is 3.05. The number of hydrogen-bond acceptors (Lipinski definition) is 3. The van der Waals surface area contributed by atoms with Crippen molar-refractivity contribution in [2.45, 2.75) is 25.7 Å². The molecule has 5 nitrogen and oxygen atoms in total. The molecule has 1 aliphatic rings. The lowest BCUT2D eigenvalue weighted by Crippen LogP contribution is -2.48. The van der Waals surface area contributed by atoms with Gasteiger partial charge in [-0.2, -0.15) is 0 Å². The van der Waals surface area contributed by atoms with Gasteiger partial charge < -0.3 is 15.0 Å². The number of hydrogen-bond donors (Lipinski definition) is 1. The predicted octanol–water partition coefficient (Wildman–Crippen LogP) is 4.75. The minimum atomic E-state index is -0.357. The molecule has 1 heterocycles. The zero-order valence-electron chi connectivity index (χ0n) is 20.2. The standard InChI is InChI=1S/C29H31FN2O3/c1-20-16-23(12-13-26(20)30)24-17-25(19-32(18-24)29(34)22-9-4-3-5-10-22)28(33)31-15-14-21-8-6-7-11-27(21)35-2/h3-13,16,24-25H,14-15,17-19H2,1-2H3,(H,31,33)/t24-,25-/m0/s1. The van der Waals surface area contributed by atoms with Crippen LogP contribution in [0.15, 0.2) is 72.8 Å². The van der Waals surface area contributed by atoms with Crippen molar-refractivity contribution in [2.24, 2.45) is 5.92 Å². The van der Waals surface area contributed by atoms with E-state index in [2.05, 4.69) is 5.32 Å². The van der Waals surface area contributed by atoms with Crippen molar-refractivity contribution in [3.63, 3.8) is 0 Å². The van der Waals surface area contributed by atoms with Crippen LogP contribution in [-0.4, -0.2) is 43.5 Å². The van der Waals surface area contributed by atoms with Gasteiger partial charge in [-0.25, -0.2) is 4.39 Å². The molecule has 182 valence electrons. The molecular formula is C29H31FN2O3. The van der Waals surface area contributed by atoms with Crippen molar-refractivity contribution < 1.29 is 18.7 Å². The maximum absolute atomic E-state index is 13.9. The van der Waals surface area contributed by atoms with Crippen LogP contribution in [0.5, 0.6) is 5.75 Å². The maximum Gasteiger partial charge on any atom is 0.253 e. The molecule has 0 aromatic heterocycles. The minimum Gasteiger partial charge on any atom is -0.496 e. The number of nitrogens with zero attached hydrogens (tertiary/aromatic N) is 1. The molecule has 2 amide bonds. The molecule has 35 heavy (non-hydrogen) atoms. The lowest BCUT2D eigenvalue weighted by atomic mass is 9.83. The molecule has 1 saturated heterocycles. The van der Waals surface area contributed by atoms with Crippen LogP contribution in [0.4, 0.5) is 4.39 Å². The number of para-hydroxylation sites is 1. The molecule has 0 unspecified atom stereocenters. The molecule has 1 N–H and O–H groups in total. The summed E-state index contributed by atoms with van der Waals surface area (Å²) in [6.07, 6.45) is 1.25. The van der Waals surface area contributed by atoms with E-state index in [-0.39, 0.29) is 29.5 Å². The van der Waals surface area contributed by atoms with Crippen molar-refractivity contribution in [3.05, 3.63) is 101 Å². The first-order valence-electron chi connectivity index (χ1n) is 12.0. The summed E-state index contributed by atoms with van der Waals surface area (Å²) in [5.41, 5.74) is 3.13. The SMILES string of the molecule is COc1ccccc1CCNC(=O)[C@H]1C[C@H](c2ccc(F)c(C)c2)CN(C(=O)c2ccccc2)C1. The maximum atomic E-state index is 13.9. The van der Waals surface area contributed by atoms with E-state index in [0.717, 1.165) is 16.9 Å². The molecule has 3 aromatic carbocycles. The summed E-state index contributed by atoms with van der Waals surface area (Å²) >= 11 is 0. The highest BCUT2D eigenvalue weighted by atomic mass is 19.1. The summed E-state index contributed by atoms with van der Waals surface area (Å²) in [4.78, 5) is 28.2. The van der Waals surface area contributed by atoms with Crippen molar-refractivity contribution in [1.82, 2.24) is 10.2 Å². The van der Waals surface area contributed by atoms with Gasteiger partial charge >= 0.3 is 0 Å². The highest BCUT2D eigenvalue weighted by molar-refractivity contribution is 5.94. The molecule has 6 heteroatoms. The zero-order chi connectivity index (χ0) is 24.8. The lowest BCUT2D eigenvalue weighted by molar-refractivity contribution is -0.126. The molecule has 0 radical (unpaired) electrons.